The minimum absolute atomic E-state index is 0.115. The standard InChI is InChI=1S/C15H14F3NO/c1-19-8-10-6-13(17)3-5-15(10)20-9-11-7-12(16)2-4-14(11)18/h2-7,19H,8-9H2,1H3. The molecule has 2 rings (SSSR count). The molecular formula is C15H14F3NO. The molecule has 1 N–H and O–H groups in total. The van der Waals surface area contributed by atoms with Gasteiger partial charge in [0.25, 0.3) is 0 Å². The van der Waals surface area contributed by atoms with Gasteiger partial charge in [-0.3, -0.25) is 0 Å². The van der Waals surface area contributed by atoms with Gasteiger partial charge in [-0.25, -0.2) is 13.2 Å². The van der Waals surface area contributed by atoms with Crippen LogP contribution in [-0.2, 0) is 13.2 Å². The zero-order chi connectivity index (χ0) is 14.5. The number of hydrogen-bond donors (Lipinski definition) is 1. The molecule has 0 saturated carbocycles. The summed E-state index contributed by atoms with van der Waals surface area (Å²) in [6.07, 6.45) is 0. The van der Waals surface area contributed by atoms with Crippen LogP contribution < -0.4 is 10.1 Å². The third-order valence-electron chi connectivity index (χ3n) is 2.78. The van der Waals surface area contributed by atoms with Crippen molar-refractivity contribution < 1.29 is 17.9 Å². The molecule has 0 unspecified atom stereocenters. The molecule has 0 aliphatic heterocycles. The Balaban J connectivity index is 2.16. The first-order valence-electron chi connectivity index (χ1n) is 6.10. The lowest BCUT2D eigenvalue weighted by Crippen LogP contribution is -2.08. The summed E-state index contributed by atoms with van der Waals surface area (Å²) in [6.45, 7) is 0.296. The molecule has 2 aromatic carbocycles. The highest BCUT2D eigenvalue weighted by Crippen LogP contribution is 2.21. The molecule has 2 aromatic rings. The number of rotatable bonds is 5. The van der Waals surface area contributed by atoms with Gasteiger partial charge in [-0.2, -0.15) is 0 Å². The van der Waals surface area contributed by atoms with Gasteiger partial charge in [-0.1, -0.05) is 0 Å². The molecule has 0 aliphatic carbocycles. The van der Waals surface area contributed by atoms with Crippen molar-refractivity contribution in [2.45, 2.75) is 13.2 Å². The Morgan fingerprint density at radius 2 is 1.60 bits per heavy atom. The SMILES string of the molecule is CNCc1cc(F)ccc1OCc1cc(F)ccc1F. The Kier molecular flexibility index (Phi) is 4.63. The van der Waals surface area contributed by atoms with Crippen molar-refractivity contribution in [3.63, 3.8) is 0 Å². The van der Waals surface area contributed by atoms with E-state index in [1.807, 2.05) is 0 Å². The molecule has 0 amide bonds. The van der Waals surface area contributed by atoms with Crippen molar-refractivity contribution in [2.75, 3.05) is 7.05 Å². The number of ether oxygens (including phenoxy) is 1. The number of benzene rings is 2. The van der Waals surface area contributed by atoms with Gasteiger partial charge in [0, 0.05) is 17.7 Å². The molecule has 5 heteroatoms. The minimum atomic E-state index is -0.538. The van der Waals surface area contributed by atoms with Gasteiger partial charge in [0.1, 0.15) is 29.8 Å². The second kappa shape index (κ2) is 6.43. The lowest BCUT2D eigenvalue weighted by molar-refractivity contribution is 0.295. The maximum Gasteiger partial charge on any atom is 0.130 e. The maximum absolute atomic E-state index is 13.5. The molecule has 0 aliphatic rings. The van der Waals surface area contributed by atoms with E-state index in [0.29, 0.717) is 17.9 Å². The van der Waals surface area contributed by atoms with E-state index in [-0.39, 0.29) is 18.0 Å². The van der Waals surface area contributed by atoms with Crippen LogP contribution in [0.15, 0.2) is 36.4 Å². The summed E-state index contributed by atoms with van der Waals surface area (Å²) in [6, 6.07) is 7.25. The predicted molar refractivity (Wildman–Crippen MR) is 69.9 cm³/mol. The molecular weight excluding hydrogens is 267 g/mol. The number of nitrogens with one attached hydrogen (secondary N) is 1. The molecule has 106 valence electrons. The molecule has 0 saturated heterocycles. The third kappa shape index (κ3) is 3.51. The van der Waals surface area contributed by atoms with Crippen LogP contribution in [0.1, 0.15) is 11.1 Å². The lowest BCUT2D eigenvalue weighted by Gasteiger charge is -2.12. The van der Waals surface area contributed by atoms with Crippen LogP contribution in [0, 0.1) is 17.5 Å². The second-order valence-corrected chi connectivity index (χ2v) is 4.31. The smallest absolute Gasteiger partial charge is 0.130 e. The predicted octanol–water partition coefficient (Wildman–Crippen LogP) is 3.40. The molecule has 0 fully saturated rings. The van der Waals surface area contributed by atoms with Gasteiger partial charge in [-0.15, -0.1) is 0 Å². The van der Waals surface area contributed by atoms with E-state index in [2.05, 4.69) is 5.32 Å². The first-order valence-corrected chi connectivity index (χ1v) is 6.10. The van der Waals surface area contributed by atoms with Crippen LogP contribution in [0.2, 0.25) is 0 Å². The van der Waals surface area contributed by atoms with E-state index in [1.54, 1.807) is 7.05 Å². The Labute approximate surface area is 115 Å². The van der Waals surface area contributed by atoms with Crippen molar-refractivity contribution in [3.8, 4) is 5.75 Å². The molecule has 0 radical (unpaired) electrons. The molecule has 0 heterocycles. The van der Waals surface area contributed by atoms with Crippen molar-refractivity contribution in [1.82, 2.24) is 5.32 Å². The van der Waals surface area contributed by atoms with Gasteiger partial charge in [-0.05, 0) is 43.4 Å². The van der Waals surface area contributed by atoms with Gasteiger partial charge in [0.15, 0.2) is 0 Å². The zero-order valence-corrected chi connectivity index (χ0v) is 10.9. The number of hydrogen-bond acceptors (Lipinski definition) is 2. The Hall–Kier alpha value is -2.01. The minimum Gasteiger partial charge on any atom is -0.488 e. The van der Waals surface area contributed by atoms with Crippen molar-refractivity contribution in [1.29, 1.82) is 0 Å². The molecule has 20 heavy (non-hydrogen) atoms. The fraction of sp³-hybridized carbons (Fsp3) is 0.200. The molecule has 2 nitrogen and oxygen atoms in total. The van der Waals surface area contributed by atoms with Crippen LogP contribution in [0.3, 0.4) is 0 Å². The summed E-state index contributed by atoms with van der Waals surface area (Å²) in [5.41, 5.74) is 0.731. The summed E-state index contributed by atoms with van der Waals surface area (Å²) < 4.78 is 45.1. The van der Waals surface area contributed by atoms with E-state index in [4.69, 9.17) is 4.74 Å². The van der Waals surface area contributed by atoms with E-state index in [1.165, 1.54) is 18.2 Å². The Bertz CT molecular complexity index is 602. The largest absolute Gasteiger partial charge is 0.488 e. The second-order valence-electron chi connectivity index (χ2n) is 4.31. The van der Waals surface area contributed by atoms with Crippen LogP contribution in [0.5, 0.6) is 5.75 Å². The Morgan fingerprint density at radius 1 is 0.950 bits per heavy atom. The van der Waals surface area contributed by atoms with Crippen molar-refractivity contribution in [2.24, 2.45) is 0 Å². The lowest BCUT2D eigenvalue weighted by atomic mass is 10.2. The fourth-order valence-corrected chi connectivity index (χ4v) is 1.83. The summed E-state index contributed by atoms with van der Waals surface area (Å²) in [5.74, 6) is -1.01. The number of halogens is 3. The average Bonchev–Trinajstić information content (AvgIpc) is 2.42. The Morgan fingerprint density at radius 3 is 2.30 bits per heavy atom. The first-order chi connectivity index (χ1) is 9.60. The summed E-state index contributed by atoms with van der Waals surface area (Å²) in [7, 11) is 1.72. The zero-order valence-electron chi connectivity index (χ0n) is 10.9. The average molecular weight is 281 g/mol. The molecule has 0 aromatic heterocycles. The highest BCUT2D eigenvalue weighted by atomic mass is 19.1. The van der Waals surface area contributed by atoms with Gasteiger partial charge >= 0.3 is 0 Å². The van der Waals surface area contributed by atoms with Crippen LogP contribution in [0.25, 0.3) is 0 Å². The van der Waals surface area contributed by atoms with Crippen molar-refractivity contribution in [3.05, 3.63) is 65.0 Å². The topological polar surface area (TPSA) is 21.3 Å². The van der Waals surface area contributed by atoms with Crippen LogP contribution in [0.4, 0.5) is 13.2 Å². The summed E-state index contributed by atoms with van der Waals surface area (Å²) in [4.78, 5) is 0. The van der Waals surface area contributed by atoms with E-state index in [9.17, 15) is 13.2 Å². The monoisotopic (exact) mass is 281 g/mol. The van der Waals surface area contributed by atoms with E-state index < -0.39 is 11.6 Å². The van der Waals surface area contributed by atoms with Gasteiger partial charge < -0.3 is 10.1 Å². The van der Waals surface area contributed by atoms with E-state index in [0.717, 1.165) is 18.2 Å². The van der Waals surface area contributed by atoms with Gasteiger partial charge in [0.05, 0.1) is 0 Å². The highest BCUT2D eigenvalue weighted by molar-refractivity contribution is 5.34. The third-order valence-corrected chi connectivity index (χ3v) is 2.78. The first kappa shape index (κ1) is 14.4. The van der Waals surface area contributed by atoms with Crippen molar-refractivity contribution >= 4 is 0 Å². The molecule has 0 spiro atoms. The molecule has 0 atom stereocenters. The molecule has 0 bridgehead atoms. The fourth-order valence-electron chi connectivity index (χ4n) is 1.83. The summed E-state index contributed by atoms with van der Waals surface area (Å²) in [5, 5.41) is 2.89. The maximum atomic E-state index is 13.5. The van der Waals surface area contributed by atoms with E-state index >= 15 is 0 Å². The normalized spacial score (nSPS) is 10.6. The van der Waals surface area contributed by atoms with Crippen LogP contribution >= 0.6 is 0 Å². The summed E-state index contributed by atoms with van der Waals surface area (Å²) >= 11 is 0. The van der Waals surface area contributed by atoms with Gasteiger partial charge in [0.2, 0.25) is 0 Å². The van der Waals surface area contributed by atoms with Crippen LogP contribution in [-0.4, -0.2) is 7.05 Å². The quantitative estimate of drug-likeness (QED) is 0.907. The highest BCUT2D eigenvalue weighted by Gasteiger charge is 2.08.